The lowest BCUT2D eigenvalue weighted by Crippen LogP contribution is -2.23. The largest absolute Gasteiger partial charge is 0.375 e. The van der Waals surface area contributed by atoms with Crippen LogP contribution in [-0.4, -0.2) is 23.5 Å². The van der Waals surface area contributed by atoms with Crippen LogP contribution in [-0.2, 0) is 4.79 Å². The zero-order valence-corrected chi connectivity index (χ0v) is 10.8. The van der Waals surface area contributed by atoms with Crippen molar-refractivity contribution in [3.8, 4) is 0 Å². The summed E-state index contributed by atoms with van der Waals surface area (Å²) in [5.41, 5.74) is 6.75. The molecule has 0 atom stereocenters. The van der Waals surface area contributed by atoms with E-state index in [4.69, 9.17) is 10.3 Å². The summed E-state index contributed by atoms with van der Waals surface area (Å²) in [5.74, 6) is -0.600. The second-order valence-corrected chi connectivity index (χ2v) is 4.14. The highest BCUT2D eigenvalue weighted by atomic mass is 16.5. The van der Waals surface area contributed by atoms with E-state index in [1.54, 1.807) is 37.3 Å². The highest BCUT2D eigenvalue weighted by Crippen LogP contribution is 2.14. The van der Waals surface area contributed by atoms with Crippen LogP contribution in [0.1, 0.15) is 16.1 Å². The number of benzene rings is 1. The van der Waals surface area contributed by atoms with Gasteiger partial charge in [-0.1, -0.05) is 17.3 Å². The molecule has 0 saturated heterocycles. The lowest BCUT2D eigenvalue weighted by atomic mass is 10.1. The average Bonchev–Trinajstić information content (AvgIpc) is 2.82. The van der Waals surface area contributed by atoms with Gasteiger partial charge in [-0.2, -0.15) is 0 Å². The standard InChI is InChI=1S/C13H14N4O3/c1-8-6-12(20-17-8)16-11(18)7-15-10-5-3-2-4-9(10)13(14)19/h2-6,15H,7H2,1H3,(H2,14,19)(H,16,18). The third kappa shape index (κ3) is 3.35. The van der Waals surface area contributed by atoms with Crippen LogP contribution in [0, 0.1) is 6.92 Å². The van der Waals surface area contributed by atoms with Gasteiger partial charge in [0.15, 0.2) is 0 Å². The molecule has 0 saturated carbocycles. The molecule has 0 radical (unpaired) electrons. The molecule has 1 aromatic carbocycles. The molecule has 4 N–H and O–H groups in total. The Kier molecular flexibility index (Phi) is 3.99. The molecule has 1 aromatic heterocycles. The first-order chi connectivity index (χ1) is 9.56. The number of nitrogens with one attached hydrogen (secondary N) is 2. The van der Waals surface area contributed by atoms with Crippen LogP contribution in [0.4, 0.5) is 11.6 Å². The van der Waals surface area contributed by atoms with Gasteiger partial charge in [-0.15, -0.1) is 0 Å². The second kappa shape index (κ2) is 5.87. The molecule has 104 valence electrons. The van der Waals surface area contributed by atoms with E-state index in [1.807, 2.05) is 0 Å². The van der Waals surface area contributed by atoms with Crippen LogP contribution in [0.3, 0.4) is 0 Å². The predicted octanol–water partition coefficient (Wildman–Crippen LogP) is 1.13. The number of amides is 2. The summed E-state index contributed by atoms with van der Waals surface area (Å²) in [4.78, 5) is 22.9. The number of rotatable bonds is 5. The minimum atomic E-state index is -0.556. The molecule has 0 spiro atoms. The minimum Gasteiger partial charge on any atom is -0.375 e. The van der Waals surface area contributed by atoms with E-state index in [0.29, 0.717) is 16.9 Å². The number of hydrogen-bond acceptors (Lipinski definition) is 5. The highest BCUT2D eigenvalue weighted by molar-refractivity contribution is 5.99. The van der Waals surface area contributed by atoms with E-state index in [2.05, 4.69) is 15.8 Å². The smallest absolute Gasteiger partial charge is 0.250 e. The van der Waals surface area contributed by atoms with Crippen LogP contribution in [0.2, 0.25) is 0 Å². The van der Waals surface area contributed by atoms with Crippen molar-refractivity contribution in [1.82, 2.24) is 5.16 Å². The highest BCUT2D eigenvalue weighted by Gasteiger charge is 2.10. The maximum absolute atomic E-state index is 11.7. The first kappa shape index (κ1) is 13.6. The molecule has 0 aliphatic heterocycles. The minimum absolute atomic E-state index is 0.0238. The fourth-order valence-corrected chi connectivity index (χ4v) is 1.63. The Morgan fingerprint density at radius 1 is 1.35 bits per heavy atom. The lowest BCUT2D eigenvalue weighted by Gasteiger charge is -2.09. The molecule has 0 fully saturated rings. The topological polar surface area (TPSA) is 110 Å². The first-order valence-electron chi connectivity index (χ1n) is 5.92. The van der Waals surface area contributed by atoms with Crippen molar-refractivity contribution >= 4 is 23.4 Å². The van der Waals surface area contributed by atoms with E-state index < -0.39 is 5.91 Å². The van der Waals surface area contributed by atoms with Crippen molar-refractivity contribution in [1.29, 1.82) is 0 Å². The molecule has 2 rings (SSSR count). The van der Waals surface area contributed by atoms with Gasteiger partial charge >= 0.3 is 0 Å². The van der Waals surface area contributed by atoms with Crippen LogP contribution >= 0.6 is 0 Å². The summed E-state index contributed by atoms with van der Waals surface area (Å²) in [6, 6.07) is 8.30. The van der Waals surface area contributed by atoms with Gasteiger partial charge in [-0.3, -0.25) is 14.9 Å². The average molecular weight is 274 g/mol. The normalized spacial score (nSPS) is 10.1. The number of carbonyl (C=O) groups is 2. The van der Waals surface area contributed by atoms with Crippen molar-refractivity contribution < 1.29 is 14.1 Å². The summed E-state index contributed by atoms with van der Waals surface area (Å²) in [6.45, 7) is 1.73. The summed E-state index contributed by atoms with van der Waals surface area (Å²) < 4.78 is 4.87. The molecular weight excluding hydrogens is 260 g/mol. The van der Waals surface area contributed by atoms with Gasteiger partial charge in [0.25, 0.3) is 5.91 Å². The molecule has 0 bridgehead atoms. The van der Waals surface area contributed by atoms with Crippen LogP contribution in [0.25, 0.3) is 0 Å². The molecule has 1 heterocycles. The summed E-state index contributed by atoms with van der Waals surface area (Å²) in [6.07, 6.45) is 0. The van der Waals surface area contributed by atoms with Crippen LogP contribution in [0.5, 0.6) is 0 Å². The predicted molar refractivity (Wildman–Crippen MR) is 73.3 cm³/mol. The number of nitrogens with two attached hydrogens (primary N) is 1. The number of anilines is 2. The maximum Gasteiger partial charge on any atom is 0.250 e. The molecule has 0 aliphatic carbocycles. The fraction of sp³-hybridized carbons (Fsp3) is 0.154. The van der Waals surface area contributed by atoms with Gasteiger partial charge < -0.3 is 15.6 Å². The van der Waals surface area contributed by atoms with Crippen molar-refractivity contribution in [2.45, 2.75) is 6.92 Å². The Hall–Kier alpha value is -2.83. The number of hydrogen-bond donors (Lipinski definition) is 3. The van der Waals surface area contributed by atoms with Gasteiger partial charge in [0.1, 0.15) is 0 Å². The van der Waals surface area contributed by atoms with Gasteiger partial charge in [0, 0.05) is 11.8 Å². The number of nitrogens with zero attached hydrogens (tertiary/aromatic N) is 1. The number of primary amides is 1. The van der Waals surface area contributed by atoms with Gasteiger partial charge in [0.05, 0.1) is 17.8 Å². The quantitative estimate of drug-likeness (QED) is 0.757. The molecule has 7 nitrogen and oxygen atoms in total. The van der Waals surface area contributed by atoms with Crippen LogP contribution < -0.4 is 16.4 Å². The SMILES string of the molecule is Cc1cc(NC(=O)CNc2ccccc2C(N)=O)on1. The summed E-state index contributed by atoms with van der Waals surface area (Å²) in [7, 11) is 0. The van der Waals surface area contributed by atoms with Crippen molar-refractivity contribution in [3.05, 3.63) is 41.6 Å². The van der Waals surface area contributed by atoms with E-state index in [1.165, 1.54) is 0 Å². The number of aromatic nitrogens is 1. The molecule has 7 heteroatoms. The van der Waals surface area contributed by atoms with Gasteiger partial charge in [-0.05, 0) is 19.1 Å². The van der Waals surface area contributed by atoms with E-state index in [0.717, 1.165) is 0 Å². The molecule has 2 aromatic rings. The second-order valence-electron chi connectivity index (χ2n) is 4.14. The monoisotopic (exact) mass is 274 g/mol. The Morgan fingerprint density at radius 3 is 2.75 bits per heavy atom. The van der Waals surface area contributed by atoms with Gasteiger partial charge in [0.2, 0.25) is 11.8 Å². The lowest BCUT2D eigenvalue weighted by molar-refractivity contribution is -0.114. The Labute approximate surface area is 115 Å². The zero-order chi connectivity index (χ0) is 14.5. The number of para-hydroxylation sites is 1. The van der Waals surface area contributed by atoms with Crippen LogP contribution in [0.15, 0.2) is 34.9 Å². The number of carbonyl (C=O) groups excluding carboxylic acids is 2. The summed E-state index contributed by atoms with van der Waals surface area (Å²) >= 11 is 0. The third-order valence-electron chi connectivity index (χ3n) is 2.52. The molecule has 20 heavy (non-hydrogen) atoms. The Morgan fingerprint density at radius 2 is 2.10 bits per heavy atom. The van der Waals surface area contributed by atoms with Crippen molar-refractivity contribution in [2.75, 3.05) is 17.2 Å². The Bertz CT molecular complexity index is 636. The third-order valence-corrected chi connectivity index (χ3v) is 2.52. The number of aryl methyl sites for hydroxylation is 1. The molecule has 0 unspecified atom stereocenters. The zero-order valence-electron chi connectivity index (χ0n) is 10.8. The first-order valence-corrected chi connectivity index (χ1v) is 5.92. The van der Waals surface area contributed by atoms with E-state index >= 15 is 0 Å². The maximum atomic E-state index is 11.7. The Balaban J connectivity index is 1.95. The fourth-order valence-electron chi connectivity index (χ4n) is 1.63. The van der Waals surface area contributed by atoms with E-state index in [9.17, 15) is 9.59 Å². The van der Waals surface area contributed by atoms with Gasteiger partial charge in [-0.25, -0.2) is 0 Å². The molecule has 0 aliphatic rings. The summed E-state index contributed by atoms with van der Waals surface area (Å²) in [5, 5.41) is 9.04. The van der Waals surface area contributed by atoms with Crippen molar-refractivity contribution in [3.63, 3.8) is 0 Å². The van der Waals surface area contributed by atoms with E-state index in [-0.39, 0.29) is 18.3 Å². The molecule has 2 amide bonds. The van der Waals surface area contributed by atoms with Crippen molar-refractivity contribution in [2.24, 2.45) is 5.73 Å². The molecular formula is C13H14N4O3.